The van der Waals surface area contributed by atoms with E-state index in [9.17, 15) is 0 Å². The molecule has 0 spiro atoms. The Balaban J connectivity index is -0.000000333. The van der Waals surface area contributed by atoms with E-state index >= 15 is 0 Å². The average molecular weight is 264 g/mol. The third-order valence-corrected chi connectivity index (χ3v) is 3.18. The van der Waals surface area contributed by atoms with Gasteiger partial charge in [0.1, 0.15) is 0 Å². The fraction of sp³-hybridized carbons (Fsp3) is 0.143. The second-order valence-corrected chi connectivity index (χ2v) is 4.84. The van der Waals surface area contributed by atoms with Gasteiger partial charge < -0.3 is 2.85 Å². The topological polar surface area (TPSA) is 0 Å². The van der Waals surface area contributed by atoms with Gasteiger partial charge in [0.05, 0.1) is 8.12 Å². The van der Waals surface area contributed by atoms with E-state index in [1.54, 1.807) is 11.3 Å². The Bertz CT molecular complexity index is 255. The molecule has 0 fully saturated rings. The fourth-order valence-corrected chi connectivity index (χ4v) is 2.76. The van der Waals surface area contributed by atoms with Gasteiger partial charge in [0.2, 0.25) is 0 Å². The number of rotatable bonds is 2. The van der Waals surface area contributed by atoms with Crippen molar-refractivity contribution in [3.63, 3.8) is 0 Å². The average Bonchev–Trinajstić information content (AvgIpc) is 2.13. The third-order valence-electron chi connectivity index (χ3n) is 1.09. The van der Waals surface area contributed by atoms with Crippen molar-refractivity contribution in [1.82, 2.24) is 0 Å². The van der Waals surface area contributed by atoms with Gasteiger partial charge in [-0.05, 0) is 34.0 Å². The largest absolute Gasteiger partial charge is 2.00 e. The molecule has 0 aliphatic rings. The van der Waals surface area contributed by atoms with Crippen LogP contribution in [-0.4, -0.2) is 23.1 Å². The first-order valence-electron chi connectivity index (χ1n) is 2.78. The molecule has 0 saturated heterocycles. The summed E-state index contributed by atoms with van der Waals surface area (Å²) in [4.78, 5) is 0. The summed E-state index contributed by atoms with van der Waals surface area (Å²) in [5.74, 6) is 0. The summed E-state index contributed by atoms with van der Waals surface area (Å²) in [6.45, 7) is 3.65. The van der Waals surface area contributed by atoms with Crippen molar-refractivity contribution in [2.45, 2.75) is 6.42 Å². The van der Waals surface area contributed by atoms with Crippen molar-refractivity contribution in [1.29, 1.82) is 0 Å². The van der Waals surface area contributed by atoms with E-state index in [0.717, 1.165) is 14.5 Å². The van der Waals surface area contributed by atoms with Crippen LogP contribution < -0.4 is 0 Å². The summed E-state index contributed by atoms with van der Waals surface area (Å²) in [7, 11) is 0. The zero-order valence-corrected chi connectivity index (χ0v) is 10.5. The van der Waals surface area contributed by atoms with Crippen molar-refractivity contribution in [3.05, 3.63) is 32.4 Å². The first-order chi connectivity index (χ1) is 4.74. The minimum Gasteiger partial charge on any atom is -1.00 e. The smallest absolute Gasteiger partial charge is 1.00 e. The number of halogens is 2. The van der Waals surface area contributed by atoms with Gasteiger partial charge >= 0.3 is 23.1 Å². The molecule has 0 N–H and O–H groups in total. The molecule has 1 heterocycles. The maximum atomic E-state index is 5.76. The van der Waals surface area contributed by atoms with Gasteiger partial charge in [0, 0.05) is 0 Å². The van der Waals surface area contributed by atoms with Crippen molar-refractivity contribution < 1.29 is 2.85 Å². The van der Waals surface area contributed by atoms with Crippen LogP contribution in [0.25, 0.3) is 0 Å². The molecule has 1 rings (SSSR count). The second-order valence-electron chi connectivity index (χ2n) is 1.84. The Morgan fingerprint density at radius 1 is 1.82 bits per heavy atom. The Morgan fingerprint density at radius 3 is 2.82 bits per heavy atom. The van der Waals surface area contributed by atoms with Gasteiger partial charge in [0.15, 0.2) is 0 Å². The van der Waals surface area contributed by atoms with Gasteiger partial charge in [-0.15, -0.1) is 17.9 Å². The Kier molecular flexibility index (Phi) is 6.09. The van der Waals surface area contributed by atoms with Gasteiger partial charge in [-0.3, -0.25) is 0 Å². The molecule has 4 heteroatoms. The fourth-order valence-electron chi connectivity index (χ4n) is 0.669. The van der Waals surface area contributed by atoms with E-state index < -0.39 is 0 Å². The summed E-state index contributed by atoms with van der Waals surface area (Å²) >= 11 is 10.7. The van der Waals surface area contributed by atoms with Crippen LogP contribution in [-0.2, 0) is 6.42 Å². The molecule has 0 aliphatic carbocycles. The molecule has 0 saturated carbocycles. The molecule has 0 aliphatic heterocycles. The first-order valence-corrected chi connectivity index (χ1v) is 4.77. The maximum absolute atomic E-state index is 5.76. The van der Waals surface area contributed by atoms with Crippen LogP contribution in [0.1, 0.15) is 8.42 Å². The monoisotopic (exact) mass is 262 g/mol. The maximum Gasteiger partial charge on any atom is 2.00 e. The Morgan fingerprint density at radius 2 is 2.45 bits per heavy atom. The van der Waals surface area contributed by atoms with Crippen molar-refractivity contribution >= 4 is 61.9 Å². The van der Waals surface area contributed by atoms with Crippen LogP contribution in [0.2, 0.25) is 4.34 Å². The second kappa shape index (κ2) is 5.59. The molecule has 0 aromatic carbocycles. The van der Waals surface area contributed by atoms with Crippen molar-refractivity contribution in [3.8, 4) is 0 Å². The molecular formula is C7H8BrClMgS. The van der Waals surface area contributed by atoms with Crippen LogP contribution in [0.3, 0.4) is 0 Å². The Hall–Kier alpha value is 0.976. The van der Waals surface area contributed by atoms with E-state index in [1.807, 2.05) is 12.1 Å². The summed E-state index contributed by atoms with van der Waals surface area (Å²) in [5, 5.41) is 0. The first kappa shape index (κ1) is 12.0. The van der Waals surface area contributed by atoms with Crippen molar-refractivity contribution in [2.75, 3.05) is 0 Å². The van der Waals surface area contributed by atoms with Crippen LogP contribution in [0.5, 0.6) is 0 Å². The summed E-state index contributed by atoms with van der Waals surface area (Å²) in [6, 6.07) is 1.96. The van der Waals surface area contributed by atoms with E-state index in [1.165, 1.54) is 5.56 Å². The predicted octanol–water partition coefficient (Wildman–Crippen LogP) is 3.74. The molecule has 1 aromatic heterocycles. The number of thiophene rings is 1. The molecule has 0 unspecified atom stereocenters. The van der Waals surface area contributed by atoms with E-state index in [-0.39, 0.29) is 25.9 Å². The van der Waals surface area contributed by atoms with E-state index in [4.69, 9.17) is 11.6 Å². The van der Waals surface area contributed by atoms with Crippen LogP contribution in [0.15, 0.2) is 22.5 Å². The molecule has 0 amide bonds. The number of hydrogen-bond donors (Lipinski definition) is 0. The molecular weight excluding hydrogens is 256 g/mol. The van der Waals surface area contributed by atoms with Gasteiger partial charge in [-0.1, -0.05) is 17.7 Å². The van der Waals surface area contributed by atoms with E-state index in [2.05, 4.69) is 22.5 Å². The van der Waals surface area contributed by atoms with Gasteiger partial charge in [-0.2, -0.15) is 0 Å². The predicted molar refractivity (Wildman–Crippen MR) is 58.9 cm³/mol. The minimum absolute atomic E-state index is 0. The van der Waals surface area contributed by atoms with E-state index in [0.29, 0.717) is 0 Å². The standard InChI is InChI=1S/C7H6BrClS.Mg.2H/c1-2-3-5-4-6(9)10-7(5)8;;;/h2,4H,1,3H2;;;/q;+2;2*-1. The Labute approximate surface area is 103 Å². The quantitative estimate of drug-likeness (QED) is 0.563. The molecule has 1 aromatic rings. The van der Waals surface area contributed by atoms with Crippen LogP contribution in [0, 0.1) is 0 Å². The zero-order valence-electron chi connectivity index (χ0n) is 7.94. The third kappa shape index (κ3) is 3.46. The van der Waals surface area contributed by atoms with Gasteiger partial charge in [0.25, 0.3) is 0 Å². The number of hydrogen-bond acceptors (Lipinski definition) is 1. The van der Waals surface area contributed by atoms with Gasteiger partial charge in [-0.25, -0.2) is 0 Å². The SMILES string of the molecule is C=CCc1cc(Cl)sc1Br.[H-].[H-].[Mg+2]. The summed E-state index contributed by atoms with van der Waals surface area (Å²) in [6.07, 6.45) is 2.74. The number of allylic oxidation sites excluding steroid dienone is 1. The van der Waals surface area contributed by atoms with Crippen molar-refractivity contribution in [2.24, 2.45) is 0 Å². The molecule has 0 bridgehead atoms. The normalized spacial score (nSPS) is 8.91. The minimum atomic E-state index is 0. The molecule has 0 radical (unpaired) electrons. The molecule has 0 atom stereocenters. The molecule has 58 valence electrons. The molecule has 0 nitrogen and oxygen atoms in total. The molecule has 11 heavy (non-hydrogen) atoms. The zero-order chi connectivity index (χ0) is 7.56. The van der Waals surface area contributed by atoms with Crippen LogP contribution in [0.4, 0.5) is 0 Å². The van der Waals surface area contributed by atoms with Crippen LogP contribution >= 0.6 is 38.9 Å². The summed E-state index contributed by atoms with van der Waals surface area (Å²) < 4.78 is 1.93. The summed E-state index contributed by atoms with van der Waals surface area (Å²) in [5.41, 5.74) is 1.21.